The van der Waals surface area contributed by atoms with Gasteiger partial charge in [0.15, 0.2) is 0 Å². The Morgan fingerprint density at radius 1 is 0.806 bits per heavy atom. The van der Waals surface area contributed by atoms with Crippen molar-refractivity contribution in [3.63, 3.8) is 0 Å². The van der Waals surface area contributed by atoms with Crippen molar-refractivity contribution in [3.8, 4) is 0 Å². The number of hydrogen-bond acceptors (Lipinski definition) is 3. The zero-order chi connectivity index (χ0) is 25.4. The highest BCUT2D eigenvalue weighted by Crippen LogP contribution is 2.69. The Hall–Kier alpha value is -3.15. The summed E-state index contributed by atoms with van der Waals surface area (Å²) in [6, 6.07) is 20.7. The molecule has 2 bridgehead atoms. The van der Waals surface area contributed by atoms with E-state index in [0.717, 1.165) is 39.1 Å². The molecule has 4 aliphatic rings. The minimum atomic E-state index is -1.21. The molecule has 3 aromatic carbocycles. The van der Waals surface area contributed by atoms with Gasteiger partial charge in [0, 0.05) is 18.7 Å². The van der Waals surface area contributed by atoms with Crippen molar-refractivity contribution in [1.29, 1.82) is 0 Å². The van der Waals surface area contributed by atoms with Crippen molar-refractivity contribution in [3.05, 3.63) is 100 Å². The molecule has 1 fully saturated rings. The van der Waals surface area contributed by atoms with E-state index >= 15 is 0 Å². The van der Waals surface area contributed by atoms with Crippen LogP contribution in [0.4, 0.5) is 5.69 Å². The van der Waals surface area contributed by atoms with Gasteiger partial charge in [0.25, 0.3) is 0 Å². The molecule has 7 heteroatoms. The lowest BCUT2D eigenvalue weighted by molar-refractivity contribution is -0.140. The van der Waals surface area contributed by atoms with E-state index in [0.29, 0.717) is 0 Å². The minimum Gasteiger partial charge on any atom is -0.326 e. The van der Waals surface area contributed by atoms with Crippen LogP contribution in [-0.4, -0.2) is 29.2 Å². The first-order chi connectivity index (χ1) is 17.2. The summed E-state index contributed by atoms with van der Waals surface area (Å²) in [5, 5.41) is 2.90. The lowest BCUT2D eigenvalue weighted by Crippen LogP contribution is -2.57. The molecule has 36 heavy (non-hydrogen) atoms. The number of anilines is 1. The predicted octanol–water partition coefficient (Wildman–Crippen LogP) is 5.23. The van der Waals surface area contributed by atoms with Gasteiger partial charge in [-0.2, -0.15) is 0 Å². The lowest BCUT2D eigenvalue weighted by atomic mass is 9.54. The number of amides is 3. The van der Waals surface area contributed by atoms with Gasteiger partial charge in [-0.25, -0.2) is 0 Å². The number of nitrogens with one attached hydrogen (secondary N) is 1. The average molecular weight is 519 g/mol. The first-order valence-electron chi connectivity index (χ1n) is 12.0. The Balaban J connectivity index is 1.34. The molecule has 1 heterocycles. The van der Waals surface area contributed by atoms with Gasteiger partial charge in [-0.05, 0) is 53.3 Å². The number of nitrogens with zero attached hydrogens (tertiary/aromatic N) is 1. The Kier molecular flexibility index (Phi) is 5.12. The summed E-state index contributed by atoms with van der Waals surface area (Å²) in [7, 11) is 0. The first-order valence-corrected chi connectivity index (χ1v) is 12.8. The molecule has 3 amide bonds. The van der Waals surface area contributed by atoms with Gasteiger partial charge in [0.1, 0.15) is 9.75 Å². The van der Waals surface area contributed by atoms with Crippen LogP contribution in [0.3, 0.4) is 0 Å². The molecule has 1 aliphatic heterocycles. The van der Waals surface area contributed by atoms with Gasteiger partial charge in [0.2, 0.25) is 17.7 Å². The number of imide groups is 1. The monoisotopic (exact) mass is 518 g/mol. The molecule has 3 aromatic rings. The summed E-state index contributed by atoms with van der Waals surface area (Å²) >= 11 is 14.8. The van der Waals surface area contributed by atoms with E-state index in [1.807, 2.05) is 80.6 Å². The molecule has 0 spiro atoms. The third-order valence-corrected chi connectivity index (χ3v) is 9.40. The van der Waals surface area contributed by atoms with Crippen LogP contribution in [-0.2, 0) is 24.1 Å². The quantitative estimate of drug-likeness (QED) is 0.380. The van der Waals surface area contributed by atoms with Crippen molar-refractivity contribution in [1.82, 2.24) is 4.90 Å². The Morgan fingerprint density at radius 3 is 1.75 bits per heavy atom. The van der Waals surface area contributed by atoms with E-state index in [9.17, 15) is 14.4 Å². The van der Waals surface area contributed by atoms with Crippen LogP contribution in [0.2, 0.25) is 0 Å². The molecule has 3 aliphatic carbocycles. The van der Waals surface area contributed by atoms with Gasteiger partial charge < -0.3 is 5.32 Å². The van der Waals surface area contributed by atoms with Crippen molar-refractivity contribution in [2.24, 2.45) is 11.8 Å². The lowest BCUT2D eigenvalue weighted by Gasteiger charge is -2.54. The summed E-state index contributed by atoms with van der Waals surface area (Å²) < 4.78 is 0. The van der Waals surface area contributed by atoms with Gasteiger partial charge in [0.05, 0.1) is 11.8 Å². The number of likely N-dealkylation sites (tertiary alicyclic amines) is 1. The number of aryl methyl sites for hydroxylation is 1. The van der Waals surface area contributed by atoms with E-state index < -0.39 is 21.6 Å². The Morgan fingerprint density at radius 2 is 1.28 bits per heavy atom. The van der Waals surface area contributed by atoms with Crippen molar-refractivity contribution in [2.45, 2.75) is 30.0 Å². The zero-order valence-electron chi connectivity index (χ0n) is 19.8. The molecule has 0 unspecified atom stereocenters. The van der Waals surface area contributed by atoms with Crippen LogP contribution >= 0.6 is 23.2 Å². The maximum absolute atomic E-state index is 13.8. The molecule has 182 valence electrons. The first kappa shape index (κ1) is 23.3. The molecular formula is C29H24Cl2N2O3. The highest BCUT2D eigenvalue weighted by Gasteiger charge is 2.72. The molecule has 1 N–H and O–H groups in total. The van der Waals surface area contributed by atoms with Crippen molar-refractivity contribution >= 4 is 46.6 Å². The van der Waals surface area contributed by atoms with Gasteiger partial charge >= 0.3 is 0 Å². The molecule has 0 saturated carbocycles. The highest BCUT2D eigenvalue weighted by molar-refractivity contribution is 6.36. The highest BCUT2D eigenvalue weighted by atomic mass is 35.5. The molecule has 0 aromatic heterocycles. The number of benzene rings is 3. The fraction of sp³-hybridized carbons (Fsp3) is 0.276. The smallest absolute Gasteiger partial charge is 0.235 e. The summed E-state index contributed by atoms with van der Waals surface area (Å²) in [6.07, 6.45) is -0.0191. The van der Waals surface area contributed by atoms with Crippen LogP contribution in [0.1, 0.15) is 39.8 Å². The number of hydrogen-bond donors (Lipinski definition) is 1. The van der Waals surface area contributed by atoms with E-state index in [-0.39, 0.29) is 30.7 Å². The number of rotatable bonds is 4. The van der Waals surface area contributed by atoms with Crippen LogP contribution in [0.25, 0.3) is 0 Å². The summed E-state index contributed by atoms with van der Waals surface area (Å²) in [5.74, 6) is -2.73. The standard InChI is InChI=1S/C29H24Cl2N2O3/c1-16-8-7-13-22(17(16)2)32-23(34)14-15-33-26(35)24-25(27(33)36)29(31)19-10-4-3-9-18(19)28(24,30)20-11-5-6-12-21(20)29/h3-13,24-25H,14-15H2,1-2H3,(H,32,34)/t24-,25-,28?,29?/m0/s1. The Labute approximate surface area is 219 Å². The minimum absolute atomic E-state index is 0.0191. The SMILES string of the molecule is Cc1cccc(NC(=O)CCN2C(=O)[C@@H]3[C@@H](C2=O)C2(Cl)c4ccccc4C3(Cl)c3ccccc32)c1C. The van der Waals surface area contributed by atoms with E-state index in [1.165, 1.54) is 4.90 Å². The third-order valence-electron chi connectivity index (χ3n) is 8.12. The van der Waals surface area contributed by atoms with E-state index in [1.54, 1.807) is 0 Å². The van der Waals surface area contributed by atoms with Crippen LogP contribution < -0.4 is 5.32 Å². The Bertz CT molecular complexity index is 1340. The van der Waals surface area contributed by atoms with Crippen molar-refractivity contribution < 1.29 is 14.4 Å². The predicted molar refractivity (Wildman–Crippen MR) is 139 cm³/mol. The summed E-state index contributed by atoms with van der Waals surface area (Å²) in [4.78, 5) is 39.1. The van der Waals surface area contributed by atoms with E-state index in [2.05, 4.69) is 5.32 Å². The van der Waals surface area contributed by atoms with Crippen molar-refractivity contribution in [2.75, 3.05) is 11.9 Å². The van der Waals surface area contributed by atoms with Gasteiger partial charge in [-0.3, -0.25) is 19.3 Å². The molecule has 5 nitrogen and oxygen atoms in total. The topological polar surface area (TPSA) is 66.5 Å². The average Bonchev–Trinajstić information content (AvgIpc) is 3.14. The maximum Gasteiger partial charge on any atom is 0.235 e. The maximum atomic E-state index is 13.8. The molecular weight excluding hydrogens is 495 g/mol. The van der Waals surface area contributed by atoms with Crippen LogP contribution in [0.15, 0.2) is 66.7 Å². The number of halogens is 2. The third kappa shape index (κ3) is 2.87. The summed E-state index contributed by atoms with van der Waals surface area (Å²) in [5.41, 5.74) is 5.81. The normalized spacial score (nSPS) is 27.5. The number of alkyl halides is 2. The zero-order valence-corrected chi connectivity index (χ0v) is 21.4. The van der Waals surface area contributed by atoms with E-state index in [4.69, 9.17) is 23.2 Å². The van der Waals surface area contributed by atoms with Crippen LogP contribution in [0, 0.1) is 25.7 Å². The molecule has 2 atom stereocenters. The second-order valence-electron chi connectivity index (χ2n) is 9.84. The van der Waals surface area contributed by atoms with Gasteiger partial charge in [-0.15, -0.1) is 23.2 Å². The molecule has 0 radical (unpaired) electrons. The van der Waals surface area contributed by atoms with Crippen LogP contribution in [0.5, 0.6) is 0 Å². The van der Waals surface area contributed by atoms with Gasteiger partial charge in [-0.1, -0.05) is 60.7 Å². The second-order valence-corrected chi connectivity index (χ2v) is 11.0. The summed E-state index contributed by atoms with van der Waals surface area (Å²) in [6.45, 7) is 3.88. The number of carbonyl (C=O) groups is 3. The fourth-order valence-corrected chi connectivity index (χ4v) is 7.36. The molecule has 7 rings (SSSR count). The number of carbonyl (C=O) groups excluding carboxylic acids is 3. The largest absolute Gasteiger partial charge is 0.326 e. The molecule has 1 saturated heterocycles. The second kappa shape index (κ2) is 7.92. The fourth-order valence-electron chi connectivity index (χ4n) is 6.26.